The lowest BCUT2D eigenvalue weighted by Crippen LogP contribution is -2.30. The van der Waals surface area contributed by atoms with Gasteiger partial charge in [-0.25, -0.2) is 19.3 Å². The highest BCUT2D eigenvalue weighted by Crippen LogP contribution is 2.38. The van der Waals surface area contributed by atoms with E-state index in [-0.39, 0.29) is 23.7 Å². The van der Waals surface area contributed by atoms with Gasteiger partial charge in [0.15, 0.2) is 5.82 Å². The number of esters is 1. The number of nitrogens with zero attached hydrogens (tertiary/aromatic N) is 4. The van der Waals surface area contributed by atoms with E-state index in [1.165, 1.54) is 19.2 Å². The van der Waals surface area contributed by atoms with Crippen LogP contribution in [0.15, 0.2) is 55.0 Å². The van der Waals surface area contributed by atoms with Crippen molar-refractivity contribution in [2.75, 3.05) is 7.11 Å². The zero-order chi connectivity index (χ0) is 27.7. The van der Waals surface area contributed by atoms with E-state index in [1.807, 2.05) is 13.0 Å². The van der Waals surface area contributed by atoms with Gasteiger partial charge >= 0.3 is 12.6 Å². The number of rotatable bonds is 7. The number of carbonyl (C=O) groups excluding carboxylic acids is 1. The maximum absolute atomic E-state index is 15.2. The van der Waals surface area contributed by atoms with E-state index in [9.17, 15) is 13.6 Å². The van der Waals surface area contributed by atoms with Gasteiger partial charge in [0.05, 0.1) is 18.2 Å². The number of carbonyl (C=O) groups is 1. The van der Waals surface area contributed by atoms with Crippen molar-refractivity contribution in [3.05, 3.63) is 83.6 Å². The molecule has 1 atom stereocenters. The van der Waals surface area contributed by atoms with Crippen molar-refractivity contribution in [3.63, 3.8) is 0 Å². The third-order valence-electron chi connectivity index (χ3n) is 7.23. The monoisotopic (exact) mass is 536 g/mol. The number of ether oxygens (including phenoxy) is 2. The van der Waals surface area contributed by atoms with Crippen LogP contribution in [0.2, 0.25) is 0 Å². The lowest BCUT2D eigenvalue weighted by Gasteiger charge is -2.29. The molecule has 0 saturated heterocycles. The van der Waals surface area contributed by atoms with Gasteiger partial charge in [-0.3, -0.25) is 4.79 Å². The van der Waals surface area contributed by atoms with Gasteiger partial charge in [-0.05, 0) is 44.7 Å². The number of allylic oxidation sites excluding steroid dienone is 2. The van der Waals surface area contributed by atoms with Crippen molar-refractivity contribution in [1.29, 1.82) is 0 Å². The van der Waals surface area contributed by atoms with Gasteiger partial charge in [0.1, 0.15) is 17.2 Å². The van der Waals surface area contributed by atoms with Gasteiger partial charge in [0.2, 0.25) is 0 Å². The predicted octanol–water partition coefficient (Wildman–Crippen LogP) is 6.18. The molecule has 7 nitrogen and oxygen atoms in total. The Bertz CT molecular complexity index is 1570. The van der Waals surface area contributed by atoms with Crippen LogP contribution in [0.4, 0.5) is 13.2 Å². The van der Waals surface area contributed by atoms with Crippen LogP contribution in [0, 0.1) is 18.2 Å². The van der Waals surface area contributed by atoms with Crippen molar-refractivity contribution in [3.8, 4) is 16.9 Å². The summed E-state index contributed by atoms with van der Waals surface area (Å²) in [4.78, 5) is 25.5. The van der Waals surface area contributed by atoms with Gasteiger partial charge in [-0.1, -0.05) is 24.3 Å². The van der Waals surface area contributed by atoms with E-state index in [2.05, 4.69) is 19.7 Å². The predicted molar refractivity (Wildman–Crippen MR) is 139 cm³/mol. The molecule has 0 aliphatic heterocycles. The third-order valence-corrected chi connectivity index (χ3v) is 7.23. The Morgan fingerprint density at radius 2 is 1.95 bits per heavy atom. The number of halogens is 3. The summed E-state index contributed by atoms with van der Waals surface area (Å²) in [6, 6.07) is 7.90. The molecule has 0 spiro atoms. The molecule has 0 radical (unpaired) electrons. The molecule has 3 heterocycles. The quantitative estimate of drug-likeness (QED) is 0.263. The van der Waals surface area contributed by atoms with Crippen LogP contribution in [0.25, 0.3) is 22.3 Å². The van der Waals surface area contributed by atoms with Crippen molar-refractivity contribution >= 4 is 17.2 Å². The minimum absolute atomic E-state index is 0.0806. The molecule has 1 aliphatic carbocycles. The fraction of sp³-hybridized carbons (Fsp3) is 0.310. The average molecular weight is 537 g/mol. The Kier molecular flexibility index (Phi) is 7.12. The lowest BCUT2D eigenvalue weighted by molar-refractivity contribution is -0.152. The molecular weight excluding hydrogens is 509 g/mol. The molecule has 1 aromatic carbocycles. The molecule has 39 heavy (non-hydrogen) atoms. The van der Waals surface area contributed by atoms with E-state index >= 15 is 4.39 Å². The summed E-state index contributed by atoms with van der Waals surface area (Å²) < 4.78 is 52.3. The highest BCUT2D eigenvalue weighted by molar-refractivity contribution is 5.78. The van der Waals surface area contributed by atoms with Crippen molar-refractivity contribution < 1.29 is 27.4 Å². The average Bonchev–Trinajstić information content (AvgIpc) is 3.22. The minimum atomic E-state index is -2.94. The van der Waals surface area contributed by atoms with Crippen LogP contribution in [0.1, 0.15) is 49.0 Å². The number of alkyl halides is 2. The number of imidazole rings is 1. The number of fused-ring (bicyclic) bond motifs is 1. The Morgan fingerprint density at radius 3 is 2.62 bits per heavy atom. The molecule has 10 heteroatoms. The molecule has 1 aliphatic rings. The van der Waals surface area contributed by atoms with Gasteiger partial charge in [-0.15, -0.1) is 0 Å². The third kappa shape index (κ3) is 5.23. The maximum Gasteiger partial charge on any atom is 0.387 e. The van der Waals surface area contributed by atoms with Gasteiger partial charge in [0.25, 0.3) is 0 Å². The van der Waals surface area contributed by atoms with Crippen LogP contribution < -0.4 is 4.74 Å². The minimum Gasteiger partial charge on any atom is -0.469 e. The fourth-order valence-corrected chi connectivity index (χ4v) is 4.93. The number of methoxy groups -OCH3 is 1. The standard InChI is InChI=1S/C29H27F3N4O3/c1-17-23(12-19-6-4-5-7-24(19)39-28(31)32)36-16-21(22(30)13-25(36)35-17)20-14-33-26(34-15-20)18-8-10-29(2,11-9-18)27(37)38-3/h4-8,13-16,28H,9-12H2,1-3H3. The molecule has 0 N–H and O–H groups in total. The van der Waals surface area contributed by atoms with Gasteiger partial charge in [0, 0.05) is 53.5 Å². The molecule has 0 fully saturated rings. The molecule has 3 aromatic heterocycles. The van der Waals surface area contributed by atoms with E-state index in [1.54, 1.807) is 48.1 Å². The number of hydrogen-bond donors (Lipinski definition) is 0. The van der Waals surface area contributed by atoms with Crippen LogP contribution in [-0.2, 0) is 16.0 Å². The molecular formula is C29H27F3N4O3. The summed E-state index contributed by atoms with van der Waals surface area (Å²) in [5.74, 6) is -0.110. The number of aromatic nitrogens is 4. The molecule has 0 saturated carbocycles. The van der Waals surface area contributed by atoms with Gasteiger partial charge < -0.3 is 13.9 Å². The number of benzene rings is 1. The molecule has 0 amide bonds. The fourth-order valence-electron chi connectivity index (χ4n) is 4.93. The van der Waals surface area contributed by atoms with Crippen molar-refractivity contribution in [1.82, 2.24) is 19.4 Å². The summed E-state index contributed by atoms with van der Waals surface area (Å²) in [5, 5.41) is 0. The SMILES string of the molecule is COC(=O)C1(C)CC=C(c2ncc(-c3cn4c(Cc5ccccc5OC(F)F)c(C)nc4cc3F)cn2)CC1. The highest BCUT2D eigenvalue weighted by Gasteiger charge is 2.36. The molecule has 4 aromatic rings. The maximum atomic E-state index is 15.2. The van der Waals surface area contributed by atoms with E-state index in [4.69, 9.17) is 4.74 Å². The first-order valence-corrected chi connectivity index (χ1v) is 12.5. The lowest BCUT2D eigenvalue weighted by atomic mass is 9.76. The smallest absolute Gasteiger partial charge is 0.387 e. The second-order valence-electron chi connectivity index (χ2n) is 9.85. The highest BCUT2D eigenvalue weighted by atomic mass is 19.3. The van der Waals surface area contributed by atoms with Crippen LogP contribution in [0.3, 0.4) is 0 Å². The first kappa shape index (κ1) is 26.4. The molecule has 5 rings (SSSR count). The van der Waals surface area contributed by atoms with Gasteiger partial charge in [-0.2, -0.15) is 8.78 Å². The number of hydrogen-bond acceptors (Lipinski definition) is 6. The summed E-state index contributed by atoms with van der Waals surface area (Å²) in [5.41, 5.74) is 3.44. The molecule has 0 bridgehead atoms. The van der Waals surface area contributed by atoms with E-state index < -0.39 is 17.8 Å². The zero-order valence-corrected chi connectivity index (χ0v) is 21.7. The number of pyridine rings is 1. The Balaban J connectivity index is 1.45. The summed E-state index contributed by atoms with van der Waals surface area (Å²) in [6.07, 6.45) is 8.74. The first-order valence-electron chi connectivity index (χ1n) is 12.5. The zero-order valence-electron chi connectivity index (χ0n) is 21.7. The molecule has 1 unspecified atom stereocenters. The summed E-state index contributed by atoms with van der Waals surface area (Å²) in [7, 11) is 1.39. The van der Waals surface area contributed by atoms with E-state index in [0.717, 1.165) is 11.3 Å². The van der Waals surface area contributed by atoms with Crippen molar-refractivity contribution in [2.24, 2.45) is 5.41 Å². The second-order valence-corrected chi connectivity index (χ2v) is 9.85. The van der Waals surface area contributed by atoms with Crippen molar-refractivity contribution in [2.45, 2.75) is 46.1 Å². The Labute approximate surface area is 223 Å². The molecule has 202 valence electrons. The summed E-state index contributed by atoms with van der Waals surface area (Å²) >= 11 is 0. The van der Waals surface area contributed by atoms with Crippen LogP contribution in [-0.4, -0.2) is 39.0 Å². The Hall–Kier alpha value is -4.21. The number of para-hydroxylation sites is 1. The second kappa shape index (κ2) is 10.5. The topological polar surface area (TPSA) is 78.6 Å². The first-order chi connectivity index (χ1) is 18.7. The summed E-state index contributed by atoms with van der Waals surface area (Å²) in [6.45, 7) is 0.725. The van der Waals surface area contributed by atoms with E-state index in [0.29, 0.717) is 47.6 Å². The number of aryl methyl sites for hydroxylation is 1. The Morgan fingerprint density at radius 1 is 1.21 bits per heavy atom. The van der Waals surface area contributed by atoms with Crippen LogP contribution in [0.5, 0.6) is 5.75 Å². The largest absolute Gasteiger partial charge is 0.469 e. The normalized spacial score (nSPS) is 17.4. The van der Waals surface area contributed by atoms with Crippen LogP contribution >= 0.6 is 0 Å².